The Kier molecular flexibility index (Phi) is 8.14. The number of ether oxygens (including phenoxy) is 1. The van der Waals surface area contributed by atoms with E-state index in [9.17, 15) is 14.7 Å². The molecule has 2 rings (SSSR count). The summed E-state index contributed by atoms with van der Waals surface area (Å²) in [6.07, 6.45) is 7.31. The van der Waals surface area contributed by atoms with Gasteiger partial charge in [-0.15, -0.1) is 0 Å². The molecule has 0 saturated carbocycles. The molecular weight excluding hydrogens is 390 g/mol. The standard InChI is InChI=1S/C23H32ClNO4/c1-5-6-7-8-9-10-11-12-19(26)20-17-14-13-16(24)15-18(17)25(21(20)27)22(28)29-23(2,3)4/h13-15,27H,5-12H2,1-4H3. The molecule has 0 fully saturated rings. The highest BCUT2D eigenvalue weighted by Crippen LogP contribution is 2.35. The van der Waals surface area contributed by atoms with Gasteiger partial charge in [0.25, 0.3) is 0 Å². The third kappa shape index (κ3) is 6.23. The molecule has 1 aromatic heterocycles. The lowest BCUT2D eigenvalue weighted by atomic mass is 10.0. The Hall–Kier alpha value is -2.01. The van der Waals surface area contributed by atoms with E-state index in [0.717, 1.165) is 23.8 Å². The second kappa shape index (κ2) is 10.1. The van der Waals surface area contributed by atoms with E-state index >= 15 is 0 Å². The summed E-state index contributed by atoms with van der Waals surface area (Å²) in [6, 6.07) is 4.87. The van der Waals surface area contributed by atoms with Crippen LogP contribution in [0.15, 0.2) is 18.2 Å². The van der Waals surface area contributed by atoms with Crippen LogP contribution in [0, 0.1) is 0 Å². The quantitative estimate of drug-likeness (QED) is 0.346. The van der Waals surface area contributed by atoms with Crippen LogP contribution in [0.5, 0.6) is 5.88 Å². The molecule has 0 aliphatic rings. The fraction of sp³-hybridized carbons (Fsp3) is 0.565. The molecular formula is C23H32ClNO4. The van der Waals surface area contributed by atoms with Crippen LogP contribution in [0.1, 0.15) is 89.4 Å². The topological polar surface area (TPSA) is 68.5 Å². The number of rotatable bonds is 9. The van der Waals surface area contributed by atoms with Crippen molar-refractivity contribution in [3.8, 4) is 5.88 Å². The van der Waals surface area contributed by atoms with Gasteiger partial charge in [-0.2, -0.15) is 0 Å². The first-order valence-corrected chi connectivity index (χ1v) is 10.8. The summed E-state index contributed by atoms with van der Waals surface area (Å²) < 4.78 is 6.43. The van der Waals surface area contributed by atoms with Crippen molar-refractivity contribution in [2.75, 3.05) is 0 Å². The summed E-state index contributed by atoms with van der Waals surface area (Å²) >= 11 is 6.09. The fourth-order valence-electron chi connectivity index (χ4n) is 3.38. The first-order chi connectivity index (χ1) is 13.7. The molecule has 0 bridgehead atoms. The number of fused-ring (bicyclic) bond motifs is 1. The highest BCUT2D eigenvalue weighted by atomic mass is 35.5. The second-order valence-corrected chi connectivity index (χ2v) is 8.91. The summed E-state index contributed by atoms with van der Waals surface area (Å²) in [4.78, 5) is 25.5. The van der Waals surface area contributed by atoms with E-state index in [2.05, 4.69) is 6.92 Å². The number of carbonyl (C=O) groups is 2. The van der Waals surface area contributed by atoms with E-state index in [4.69, 9.17) is 16.3 Å². The second-order valence-electron chi connectivity index (χ2n) is 8.47. The van der Waals surface area contributed by atoms with Crippen molar-refractivity contribution >= 4 is 34.4 Å². The van der Waals surface area contributed by atoms with Crippen molar-refractivity contribution in [2.24, 2.45) is 0 Å². The summed E-state index contributed by atoms with van der Waals surface area (Å²) in [7, 11) is 0. The first-order valence-electron chi connectivity index (χ1n) is 10.4. The molecule has 1 heterocycles. The van der Waals surface area contributed by atoms with Crippen molar-refractivity contribution < 1.29 is 19.4 Å². The van der Waals surface area contributed by atoms with Crippen molar-refractivity contribution in [1.29, 1.82) is 0 Å². The molecule has 2 aromatic rings. The van der Waals surface area contributed by atoms with E-state index < -0.39 is 11.7 Å². The van der Waals surface area contributed by atoms with Gasteiger partial charge in [0.05, 0.1) is 11.1 Å². The zero-order chi connectivity index (χ0) is 21.6. The number of Topliss-reactive ketones (excluding diaryl/α,β-unsaturated/α-hetero) is 1. The number of benzene rings is 1. The van der Waals surface area contributed by atoms with E-state index in [0.29, 0.717) is 22.3 Å². The van der Waals surface area contributed by atoms with Crippen LogP contribution in [0.3, 0.4) is 0 Å². The molecule has 0 unspecified atom stereocenters. The molecule has 0 aliphatic carbocycles. The SMILES string of the molecule is CCCCCCCCCC(=O)c1c(O)n(C(=O)OC(C)(C)C)c2cc(Cl)ccc12. The Morgan fingerprint density at radius 2 is 1.69 bits per heavy atom. The normalized spacial score (nSPS) is 11.8. The molecule has 160 valence electrons. The fourth-order valence-corrected chi connectivity index (χ4v) is 3.55. The minimum absolute atomic E-state index is 0.161. The van der Waals surface area contributed by atoms with Gasteiger partial charge in [0.15, 0.2) is 5.78 Å². The minimum atomic E-state index is -0.739. The lowest BCUT2D eigenvalue weighted by Crippen LogP contribution is -2.27. The molecule has 0 aliphatic heterocycles. The van der Waals surface area contributed by atoms with Crippen LogP contribution < -0.4 is 0 Å². The number of nitrogens with zero attached hydrogens (tertiary/aromatic N) is 1. The number of aromatic hydroxyl groups is 1. The first kappa shape index (κ1) is 23.3. The lowest BCUT2D eigenvalue weighted by Gasteiger charge is -2.20. The predicted molar refractivity (Wildman–Crippen MR) is 117 cm³/mol. The maximum atomic E-state index is 12.9. The predicted octanol–water partition coefficient (Wildman–Crippen LogP) is 7.11. The number of unbranched alkanes of at least 4 members (excludes halogenated alkanes) is 6. The van der Waals surface area contributed by atoms with Gasteiger partial charge in [-0.1, -0.05) is 63.1 Å². The van der Waals surface area contributed by atoms with E-state index in [1.54, 1.807) is 39.0 Å². The number of hydrogen-bond donors (Lipinski definition) is 1. The molecule has 0 saturated heterocycles. The number of hydrogen-bond acceptors (Lipinski definition) is 4. The van der Waals surface area contributed by atoms with Crippen LogP contribution in [0.4, 0.5) is 4.79 Å². The molecule has 0 radical (unpaired) electrons. The zero-order valence-electron chi connectivity index (χ0n) is 17.9. The maximum Gasteiger partial charge on any atom is 0.421 e. The number of halogens is 1. The molecule has 6 heteroatoms. The Morgan fingerprint density at radius 1 is 1.07 bits per heavy atom. The van der Waals surface area contributed by atoms with Crippen LogP contribution in [-0.2, 0) is 4.74 Å². The molecule has 0 atom stereocenters. The third-order valence-electron chi connectivity index (χ3n) is 4.77. The largest absolute Gasteiger partial charge is 0.494 e. The van der Waals surface area contributed by atoms with E-state index in [1.807, 2.05) is 0 Å². The number of carbonyl (C=O) groups excluding carboxylic acids is 2. The molecule has 1 aromatic carbocycles. The summed E-state index contributed by atoms with van der Waals surface area (Å²) in [5, 5.41) is 11.7. The Balaban J connectivity index is 2.21. The van der Waals surface area contributed by atoms with Gasteiger partial charge < -0.3 is 9.84 Å². The van der Waals surface area contributed by atoms with Crippen molar-refractivity contribution in [1.82, 2.24) is 4.57 Å². The minimum Gasteiger partial charge on any atom is -0.494 e. The van der Waals surface area contributed by atoms with Crippen molar-refractivity contribution in [2.45, 2.75) is 84.7 Å². The number of ketones is 1. The zero-order valence-corrected chi connectivity index (χ0v) is 18.6. The van der Waals surface area contributed by atoms with Gasteiger partial charge in [0, 0.05) is 16.8 Å². The van der Waals surface area contributed by atoms with Crippen molar-refractivity contribution in [3.05, 3.63) is 28.8 Å². The van der Waals surface area contributed by atoms with E-state index in [1.165, 1.54) is 25.7 Å². The monoisotopic (exact) mass is 421 g/mol. The third-order valence-corrected chi connectivity index (χ3v) is 5.00. The van der Waals surface area contributed by atoms with Gasteiger partial charge in [0.2, 0.25) is 5.88 Å². The Bertz CT molecular complexity index is 864. The summed E-state index contributed by atoms with van der Waals surface area (Å²) in [5.41, 5.74) is -0.207. The van der Waals surface area contributed by atoms with Crippen LogP contribution in [-0.4, -0.2) is 27.2 Å². The molecule has 29 heavy (non-hydrogen) atoms. The average Bonchev–Trinajstić information content (AvgIpc) is 2.90. The van der Waals surface area contributed by atoms with Gasteiger partial charge in [-0.3, -0.25) is 4.79 Å². The van der Waals surface area contributed by atoms with E-state index in [-0.39, 0.29) is 17.2 Å². The average molecular weight is 422 g/mol. The van der Waals surface area contributed by atoms with Crippen LogP contribution >= 0.6 is 11.6 Å². The van der Waals surface area contributed by atoms with Gasteiger partial charge >= 0.3 is 6.09 Å². The van der Waals surface area contributed by atoms with Crippen LogP contribution in [0.25, 0.3) is 10.9 Å². The smallest absolute Gasteiger partial charge is 0.421 e. The lowest BCUT2D eigenvalue weighted by molar-refractivity contribution is 0.0533. The Morgan fingerprint density at radius 3 is 2.31 bits per heavy atom. The van der Waals surface area contributed by atoms with Crippen LogP contribution in [0.2, 0.25) is 5.02 Å². The highest BCUT2D eigenvalue weighted by Gasteiger charge is 2.28. The molecule has 0 amide bonds. The van der Waals surface area contributed by atoms with Gasteiger partial charge in [0.1, 0.15) is 5.60 Å². The van der Waals surface area contributed by atoms with Crippen molar-refractivity contribution in [3.63, 3.8) is 0 Å². The summed E-state index contributed by atoms with van der Waals surface area (Å²) in [5.74, 6) is -0.560. The Labute approximate surface area is 178 Å². The maximum absolute atomic E-state index is 12.9. The molecule has 1 N–H and O–H groups in total. The molecule has 5 nitrogen and oxygen atoms in total. The van der Waals surface area contributed by atoms with Gasteiger partial charge in [-0.25, -0.2) is 9.36 Å². The molecule has 0 spiro atoms. The highest BCUT2D eigenvalue weighted by molar-refractivity contribution is 6.31. The number of aromatic nitrogens is 1. The van der Waals surface area contributed by atoms with Gasteiger partial charge in [-0.05, 0) is 39.3 Å². The summed E-state index contributed by atoms with van der Waals surface area (Å²) in [6.45, 7) is 7.42.